The molecule has 1 aromatic rings. The maximum Gasteiger partial charge on any atom is 0.123 e. The summed E-state index contributed by atoms with van der Waals surface area (Å²) in [4.78, 5) is 10.0. The molecular weight excluding hydrogens is 169 g/mol. The van der Waals surface area contributed by atoms with E-state index in [-0.39, 0.29) is 11.9 Å². The summed E-state index contributed by atoms with van der Waals surface area (Å²) in [6.45, 7) is 1.69. The lowest BCUT2D eigenvalue weighted by Gasteiger charge is -1.93. The van der Waals surface area contributed by atoms with E-state index in [0.29, 0.717) is 0 Å². The van der Waals surface area contributed by atoms with Crippen molar-refractivity contribution in [2.45, 2.75) is 13.0 Å². The summed E-state index contributed by atoms with van der Waals surface area (Å²) in [5, 5.41) is 2.81. The Hall–Kier alpha value is -1.51. The van der Waals surface area contributed by atoms with Gasteiger partial charge >= 0.3 is 0 Å². The number of nitroso groups, excluding NO2 is 1. The van der Waals surface area contributed by atoms with E-state index in [2.05, 4.69) is 5.18 Å². The molecule has 0 amide bonds. The maximum absolute atomic E-state index is 12.5. The summed E-state index contributed by atoms with van der Waals surface area (Å²) in [6, 6.07) is 5.69. The first-order chi connectivity index (χ1) is 6.22. The lowest BCUT2D eigenvalue weighted by atomic mass is 10.2. The molecule has 0 aliphatic rings. The van der Waals surface area contributed by atoms with Crippen molar-refractivity contribution in [3.8, 4) is 0 Å². The van der Waals surface area contributed by atoms with E-state index >= 15 is 0 Å². The van der Waals surface area contributed by atoms with Crippen molar-refractivity contribution in [3.05, 3.63) is 46.6 Å². The molecule has 0 aliphatic carbocycles. The van der Waals surface area contributed by atoms with Crippen molar-refractivity contribution in [1.82, 2.24) is 0 Å². The standard InChI is InChI=1S/C10H10FNO/c1-8(12-13)2-3-9-4-6-10(11)7-5-9/h2-8H,1H3. The van der Waals surface area contributed by atoms with E-state index in [9.17, 15) is 9.30 Å². The number of halogens is 1. The molecule has 0 fully saturated rings. The van der Waals surface area contributed by atoms with E-state index in [1.54, 1.807) is 31.2 Å². The van der Waals surface area contributed by atoms with Crippen LogP contribution in [0, 0.1) is 10.7 Å². The second-order valence-electron chi connectivity index (χ2n) is 2.76. The molecule has 0 saturated heterocycles. The monoisotopic (exact) mass is 179 g/mol. The number of rotatable bonds is 3. The summed E-state index contributed by atoms with van der Waals surface area (Å²) < 4.78 is 12.5. The SMILES string of the molecule is CC(C=Cc1ccc(F)cc1)N=O. The molecule has 0 bridgehead atoms. The fraction of sp³-hybridized carbons (Fsp3) is 0.200. The second-order valence-corrected chi connectivity index (χ2v) is 2.76. The van der Waals surface area contributed by atoms with Gasteiger partial charge in [-0.05, 0) is 24.6 Å². The van der Waals surface area contributed by atoms with Crippen LogP contribution in [0.15, 0.2) is 35.5 Å². The van der Waals surface area contributed by atoms with E-state index in [0.717, 1.165) is 5.56 Å². The van der Waals surface area contributed by atoms with Crippen LogP contribution in [0.3, 0.4) is 0 Å². The Kier molecular flexibility index (Phi) is 3.31. The minimum Gasteiger partial charge on any atom is -0.207 e. The first-order valence-corrected chi connectivity index (χ1v) is 3.98. The molecule has 0 radical (unpaired) electrons. The van der Waals surface area contributed by atoms with Crippen molar-refractivity contribution in [3.63, 3.8) is 0 Å². The van der Waals surface area contributed by atoms with Crippen molar-refractivity contribution < 1.29 is 4.39 Å². The molecular formula is C10H10FNO. The van der Waals surface area contributed by atoms with Crippen LogP contribution >= 0.6 is 0 Å². The molecule has 3 heteroatoms. The third kappa shape index (κ3) is 3.15. The van der Waals surface area contributed by atoms with Gasteiger partial charge in [-0.2, -0.15) is 4.91 Å². The number of benzene rings is 1. The van der Waals surface area contributed by atoms with E-state index in [1.807, 2.05) is 0 Å². The smallest absolute Gasteiger partial charge is 0.123 e. The highest BCUT2D eigenvalue weighted by atomic mass is 19.1. The zero-order valence-electron chi connectivity index (χ0n) is 7.27. The molecule has 1 rings (SSSR count). The molecule has 1 aromatic carbocycles. The Morgan fingerprint density at radius 2 is 2.00 bits per heavy atom. The number of hydrogen-bond acceptors (Lipinski definition) is 2. The maximum atomic E-state index is 12.5. The fourth-order valence-electron chi connectivity index (χ4n) is 0.859. The minimum atomic E-state index is -0.343. The van der Waals surface area contributed by atoms with Gasteiger partial charge in [0.25, 0.3) is 0 Å². The van der Waals surface area contributed by atoms with Crippen molar-refractivity contribution in [1.29, 1.82) is 0 Å². The van der Waals surface area contributed by atoms with Gasteiger partial charge in [0.2, 0.25) is 0 Å². The Bertz CT molecular complexity index is 305. The van der Waals surface area contributed by atoms with Crippen LogP contribution in [0.2, 0.25) is 0 Å². The lowest BCUT2D eigenvalue weighted by Crippen LogP contribution is -1.87. The summed E-state index contributed by atoms with van der Waals surface area (Å²) >= 11 is 0. The molecule has 68 valence electrons. The van der Waals surface area contributed by atoms with Gasteiger partial charge in [0.1, 0.15) is 11.9 Å². The summed E-state index contributed by atoms with van der Waals surface area (Å²) in [7, 11) is 0. The predicted molar refractivity (Wildman–Crippen MR) is 50.7 cm³/mol. The molecule has 0 aliphatic heterocycles. The van der Waals surface area contributed by atoms with Gasteiger partial charge < -0.3 is 0 Å². The van der Waals surface area contributed by atoms with Gasteiger partial charge in [0.15, 0.2) is 0 Å². The molecule has 0 spiro atoms. The van der Waals surface area contributed by atoms with E-state index in [1.165, 1.54) is 12.1 Å². The molecule has 0 N–H and O–H groups in total. The lowest BCUT2D eigenvalue weighted by molar-refractivity contribution is 0.628. The summed E-state index contributed by atoms with van der Waals surface area (Å²) in [5.74, 6) is -0.265. The van der Waals surface area contributed by atoms with Crippen molar-refractivity contribution in [2.24, 2.45) is 5.18 Å². The Labute approximate surface area is 76.1 Å². The summed E-state index contributed by atoms with van der Waals surface area (Å²) in [6.07, 6.45) is 3.41. The molecule has 1 atom stereocenters. The van der Waals surface area contributed by atoms with Gasteiger partial charge in [0.05, 0.1) is 0 Å². The van der Waals surface area contributed by atoms with Crippen LogP contribution in [0.25, 0.3) is 6.08 Å². The predicted octanol–water partition coefficient (Wildman–Crippen LogP) is 2.99. The average molecular weight is 179 g/mol. The molecule has 1 unspecified atom stereocenters. The molecule has 0 aromatic heterocycles. The first-order valence-electron chi connectivity index (χ1n) is 3.98. The van der Waals surface area contributed by atoms with Gasteiger partial charge in [-0.1, -0.05) is 29.5 Å². The van der Waals surface area contributed by atoms with Crippen molar-refractivity contribution in [2.75, 3.05) is 0 Å². The number of nitrogens with zero attached hydrogens (tertiary/aromatic N) is 1. The topological polar surface area (TPSA) is 29.4 Å². The van der Waals surface area contributed by atoms with Gasteiger partial charge in [0, 0.05) is 0 Å². The highest BCUT2D eigenvalue weighted by Crippen LogP contribution is 2.05. The average Bonchev–Trinajstić information content (AvgIpc) is 2.16. The van der Waals surface area contributed by atoms with Gasteiger partial charge in [-0.15, -0.1) is 0 Å². The van der Waals surface area contributed by atoms with E-state index in [4.69, 9.17) is 0 Å². The normalized spacial score (nSPS) is 13.1. The molecule has 13 heavy (non-hydrogen) atoms. The van der Waals surface area contributed by atoms with Crippen LogP contribution in [-0.2, 0) is 0 Å². The molecule has 0 saturated carbocycles. The third-order valence-corrected chi connectivity index (χ3v) is 1.60. The van der Waals surface area contributed by atoms with Crippen LogP contribution in [-0.4, -0.2) is 6.04 Å². The van der Waals surface area contributed by atoms with E-state index < -0.39 is 0 Å². The Morgan fingerprint density at radius 1 is 1.38 bits per heavy atom. The fourth-order valence-corrected chi connectivity index (χ4v) is 0.859. The van der Waals surface area contributed by atoms with Gasteiger partial charge in [-0.25, -0.2) is 4.39 Å². The zero-order valence-corrected chi connectivity index (χ0v) is 7.27. The highest BCUT2D eigenvalue weighted by molar-refractivity contribution is 5.49. The molecule has 2 nitrogen and oxygen atoms in total. The van der Waals surface area contributed by atoms with Crippen molar-refractivity contribution >= 4 is 6.08 Å². The quantitative estimate of drug-likeness (QED) is 0.656. The summed E-state index contributed by atoms with van der Waals surface area (Å²) in [5.41, 5.74) is 0.858. The highest BCUT2D eigenvalue weighted by Gasteiger charge is 1.93. The van der Waals surface area contributed by atoms with Crippen LogP contribution < -0.4 is 0 Å². The van der Waals surface area contributed by atoms with Crippen LogP contribution in [0.1, 0.15) is 12.5 Å². The molecule has 0 heterocycles. The largest absolute Gasteiger partial charge is 0.207 e. The Morgan fingerprint density at radius 3 is 2.54 bits per heavy atom. The first kappa shape index (κ1) is 9.58. The van der Waals surface area contributed by atoms with Gasteiger partial charge in [-0.3, -0.25) is 0 Å². The Balaban J connectivity index is 2.69. The number of hydrogen-bond donors (Lipinski definition) is 0. The minimum absolute atomic E-state index is 0.265. The zero-order chi connectivity index (χ0) is 9.68. The van der Waals surface area contributed by atoms with Crippen LogP contribution in [0.5, 0.6) is 0 Å². The third-order valence-electron chi connectivity index (χ3n) is 1.60. The second kappa shape index (κ2) is 4.50. The van der Waals surface area contributed by atoms with Crippen LogP contribution in [0.4, 0.5) is 4.39 Å².